The Kier molecular flexibility index (Phi) is 4.01. The second kappa shape index (κ2) is 5.27. The number of ether oxygens (including phenoxy) is 1. The fourth-order valence-electron chi connectivity index (χ4n) is 0.979. The van der Waals surface area contributed by atoms with Crippen LogP contribution in [0.25, 0.3) is 0 Å². The Hall–Kier alpha value is -1.67. The highest BCUT2D eigenvalue weighted by Gasteiger charge is 2.08. The molecule has 0 aliphatic carbocycles. The summed E-state index contributed by atoms with van der Waals surface area (Å²) in [5.41, 5.74) is 4.97. The van der Waals surface area contributed by atoms with Gasteiger partial charge in [-0.3, -0.25) is 4.79 Å². The summed E-state index contributed by atoms with van der Waals surface area (Å²) >= 11 is 4.04. The number of nitrogens with zero attached hydrogens (tertiary/aromatic N) is 1. The average Bonchev–Trinajstić information content (AvgIpc) is 2.17. The van der Waals surface area contributed by atoms with Gasteiger partial charge in [-0.2, -0.15) is 5.26 Å². The van der Waals surface area contributed by atoms with Crippen molar-refractivity contribution >= 4 is 18.5 Å². The predicted octanol–water partition coefficient (Wildman–Crippen LogP) is 1.07. The molecule has 0 saturated heterocycles. The predicted molar refractivity (Wildman–Crippen MR) is 58.4 cm³/mol. The molecule has 1 atom stereocenters. The molecule has 0 aromatic heterocycles. The van der Waals surface area contributed by atoms with Gasteiger partial charge in [0.15, 0.2) is 5.44 Å². The van der Waals surface area contributed by atoms with Crippen molar-refractivity contribution in [3.8, 4) is 11.8 Å². The molecule has 0 heterocycles. The third-order valence-corrected chi connectivity index (χ3v) is 1.92. The molecule has 2 N–H and O–H groups in total. The van der Waals surface area contributed by atoms with Crippen LogP contribution in [0.2, 0.25) is 0 Å². The lowest BCUT2D eigenvalue weighted by atomic mass is 10.2. The molecule has 1 rings (SSSR count). The van der Waals surface area contributed by atoms with Crippen LogP contribution < -0.4 is 10.5 Å². The number of primary amides is 1. The summed E-state index contributed by atoms with van der Waals surface area (Å²) in [6.07, 6.45) is 0.0448. The highest BCUT2D eigenvalue weighted by Crippen LogP contribution is 2.15. The number of nitriles is 1. The molecule has 0 radical (unpaired) electrons. The van der Waals surface area contributed by atoms with E-state index in [0.717, 1.165) is 0 Å². The molecular formula is C10H10N2O2S. The number of carbonyl (C=O) groups excluding carboxylic acids is 1. The standard InChI is InChI=1S/C10H10N2O2S/c11-6-7-1-3-8(4-2-7)14-10(15)5-9(12)13/h1-4,10,15H,5H2,(H2,12,13). The summed E-state index contributed by atoms with van der Waals surface area (Å²) in [6.45, 7) is 0. The highest BCUT2D eigenvalue weighted by molar-refractivity contribution is 7.80. The van der Waals surface area contributed by atoms with E-state index in [0.29, 0.717) is 11.3 Å². The lowest BCUT2D eigenvalue weighted by Crippen LogP contribution is -2.20. The van der Waals surface area contributed by atoms with Crippen LogP contribution in [0.5, 0.6) is 5.75 Å². The van der Waals surface area contributed by atoms with Gasteiger partial charge in [-0.25, -0.2) is 0 Å². The van der Waals surface area contributed by atoms with Crippen molar-refractivity contribution in [2.45, 2.75) is 11.9 Å². The van der Waals surface area contributed by atoms with E-state index in [1.807, 2.05) is 6.07 Å². The Balaban J connectivity index is 2.58. The van der Waals surface area contributed by atoms with E-state index in [-0.39, 0.29) is 6.42 Å². The summed E-state index contributed by atoms with van der Waals surface area (Å²) in [5.74, 6) is 0.0823. The SMILES string of the molecule is N#Cc1ccc(OC(S)CC(N)=O)cc1. The molecule has 1 amide bonds. The normalized spacial score (nSPS) is 11.5. The third-order valence-electron chi connectivity index (χ3n) is 1.63. The lowest BCUT2D eigenvalue weighted by molar-refractivity contribution is -0.118. The van der Waals surface area contributed by atoms with E-state index in [4.69, 9.17) is 15.7 Å². The summed E-state index contributed by atoms with van der Waals surface area (Å²) in [4.78, 5) is 10.6. The summed E-state index contributed by atoms with van der Waals surface area (Å²) < 4.78 is 5.28. The minimum Gasteiger partial charge on any atom is -0.480 e. The molecule has 0 aliphatic heterocycles. The maximum Gasteiger partial charge on any atom is 0.222 e. The minimum atomic E-state index is -0.560. The van der Waals surface area contributed by atoms with Gasteiger partial charge in [0, 0.05) is 0 Å². The van der Waals surface area contributed by atoms with E-state index < -0.39 is 11.3 Å². The van der Waals surface area contributed by atoms with Crippen LogP contribution in [0.4, 0.5) is 0 Å². The Morgan fingerprint density at radius 3 is 2.60 bits per heavy atom. The van der Waals surface area contributed by atoms with E-state index >= 15 is 0 Å². The van der Waals surface area contributed by atoms with E-state index in [1.165, 1.54) is 0 Å². The van der Waals surface area contributed by atoms with Gasteiger partial charge >= 0.3 is 0 Å². The zero-order valence-electron chi connectivity index (χ0n) is 7.88. The van der Waals surface area contributed by atoms with Crippen molar-refractivity contribution in [3.63, 3.8) is 0 Å². The molecule has 4 nitrogen and oxygen atoms in total. The first kappa shape index (κ1) is 11.4. The Morgan fingerprint density at radius 2 is 2.13 bits per heavy atom. The smallest absolute Gasteiger partial charge is 0.222 e. The molecule has 5 heteroatoms. The van der Waals surface area contributed by atoms with Crippen LogP contribution in [-0.2, 0) is 4.79 Å². The molecule has 0 aliphatic rings. The number of benzene rings is 1. The van der Waals surface area contributed by atoms with Crippen LogP contribution in [-0.4, -0.2) is 11.3 Å². The molecule has 0 saturated carbocycles. The van der Waals surface area contributed by atoms with Crippen molar-refractivity contribution in [2.24, 2.45) is 5.73 Å². The van der Waals surface area contributed by atoms with Crippen LogP contribution in [0, 0.1) is 11.3 Å². The van der Waals surface area contributed by atoms with Gasteiger partial charge < -0.3 is 10.5 Å². The maximum absolute atomic E-state index is 10.6. The largest absolute Gasteiger partial charge is 0.480 e. The fraction of sp³-hybridized carbons (Fsp3) is 0.200. The molecule has 15 heavy (non-hydrogen) atoms. The molecule has 78 valence electrons. The van der Waals surface area contributed by atoms with Crippen LogP contribution in [0.3, 0.4) is 0 Å². The second-order valence-corrected chi connectivity index (χ2v) is 3.46. The topological polar surface area (TPSA) is 76.1 Å². The average molecular weight is 222 g/mol. The molecule has 0 fully saturated rings. The molecule has 1 unspecified atom stereocenters. The van der Waals surface area contributed by atoms with Crippen molar-refractivity contribution < 1.29 is 9.53 Å². The first-order valence-corrected chi connectivity index (χ1v) is 4.76. The number of carbonyl (C=O) groups is 1. The van der Waals surface area contributed by atoms with Gasteiger partial charge in [-0.15, -0.1) is 12.6 Å². The minimum absolute atomic E-state index is 0.0448. The Labute approximate surface area is 93.1 Å². The molecule has 1 aromatic rings. The van der Waals surface area contributed by atoms with Gasteiger partial charge in [-0.1, -0.05) is 0 Å². The number of rotatable bonds is 4. The zero-order chi connectivity index (χ0) is 11.3. The number of nitrogens with two attached hydrogens (primary N) is 1. The first-order chi connectivity index (χ1) is 7.11. The van der Waals surface area contributed by atoms with E-state index in [1.54, 1.807) is 24.3 Å². The monoisotopic (exact) mass is 222 g/mol. The molecule has 1 aromatic carbocycles. The molecular weight excluding hydrogens is 212 g/mol. The van der Waals surface area contributed by atoms with Crippen molar-refractivity contribution in [1.29, 1.82) is 5.26 Å². The number of hydrogen-bond donors (Lipinski definition) is 2. The molecule has 0 spiro atoms. The third kappa shape index (κ3) is 3.92. The summed E-state index contributed by atoms with van der Waals surface area (Å²) in [7, 11) is 0. The Bertz CT molecular complexity index is 383. The van der Waals surface area contributed by atoms with Crippen LogP contribution >= 0.6 is 12.6 Å². The zero-order valence-corrected chi connectivity index (χ0v) is 8.78. The first-order valence-electron chi connectivity index (χ1n) is 4.25. The fourth-order valence-corrected chi connectivity index (χ4v) is 1.28. The highest BCUT2D eigenvalue weighted by atomic mass is 32.1. The maximum atomic E-state index is 10.6. The lowest BCUT2D eigenvalue weighted by Gasteiger charge is -2.11. The van der Waals surface area contributed by atoms with E-state index in [9.17, 15) is 4.79 Å². The summed E-state index contributed by atoms with van der Waals surface area (Å²) in [5, 5.41) is 8.56. The van der Waals surface area contributed by atoms with Crippen molar-refractivity contribution in [1.82, 2.24) is 0 Å². The molecule has 0 bridgehead atoms. The number of thiol groups is 1. The van der Waals surface area contributed by atoms with Gasteiger partial charge in [0.05, 0.1) is 18.1 Å². The van der Waals surface area contributed by atoms with Crippen molar-refractivity contribution in [3.05, 3.63) is 29.8 Å². The second-order valence-electron chi connectivity index (χ2n) is 2.88. The van der Waals surface area contributed by atoms with Crippen molar-refractivity contribution in [2.75, 3.05) is 0 Å². The van der Waals surface area contributed by atoms with Gasteiger partial charge in [0.2, 0.25) is 5.91 Å². The number of amides is 1. The summed E-state index contributed by atoms with van der Waals surface area (Å²) in [6, 6.07) is 8.52. The Morgan fingerprint density at radius 1 is 1.53 bits per heavy atom. The van der Waals surface area contributed by atoms with Crippen LogP contribution in [0.15, 0.2) is 24.3 Å². The van der Waals surface area contributed by atoms with Gasteiger partial charge in [0.25, 0.3) is 0 Å². The van der Waals surface area contributed by atoms with Crippen LogP contribution in [0.1, 0.15) is 12.0 Å². The number of hydrogen-bond acceptors (Lipinski definition) is 4. The van der Waals surface area contributed by atoms with Gasteiger partial charge in [0.1, 0.15) is 5.75 Å². The van der Waals surface area contributed by atoms with Gasteiger partial charge in [-0.05, 0) is 24.3 Å². The van der Waals surface area contributed by atoms with E-state index in [2.05, 4.69) is 12.6 Å². The quantitative estimate of drug-likeness (QED) is 0.591.